The van der Waals surface area contributed by atoms with Gasteiger partial charge < -0.3 is 14.4 Å². The van der Waals surface area contributed by atoms with Gasteiger partial charge in [0.25, 0.3) is 0 Å². The number of likely N-dealkylation sites (tertiary alicyclic amines) is 1. The molecule has 0 aliphatic carbocycles. The van der Waals surface area contributed by atoms with E-state index in [1.807, 2.05) is 47.4 Å². The second-order valence-electron chi connectivity index (χ2n) is 6.39. The molecule has 0 spiro atoms. The summed E-state index contributed by atoms with van der Waals surface area (Å²) >= 11 is 7.81. The van der Waals surface area contributed by atoms with Crippen LogP contribution < -0.4 is 9.47 Å². The summed E-state index contributed by atoms with van der Waals surface area (Å²) in [4.78, 5) is 15.8. The van der Waals surface area contributed by atoms with Crippen LogP contribution in [0.4, 0.5) is 0 Å². The average molecular weight is 406 g/mol. The fourth-order valence-corrected chi connectivity index (χ4v) is 4.60. The van der Waals surface area contributed by atoms with E-state index in [4.69, 9.17) is 21.1 Å². The number of hydrogen-bond donors (Lipinski definition) is 0. The van der Waals surface area contributed by atoms with Gasteiger partial charge in [-0.15, -0.1) is 11.8 Å². The van der Waals surface area contributed by atoms with Crippen LogP contribution in [0.25, 0.3) is 0 Å². The molecule has 0 aromatic heterocycles. The summed E-state index contributed by atoms with van der Waals surface area (Å²) in [6.45, 7) is 0.800. The summed E-state index contributed by atoms with van der Waals surface area (Å²) < 4.78 is 10.7. The van der Waals surface area contributed by atoms with Crippen molar-refractivity contribution in [2.75, 3.05) is 26.5 Å². The van der Waals surface area contributed by atoms with Crippen LogP contribution in [0.15, 0.2) is 47.4 Å². The van der Waals surface area contributed by atoms with Crippen LogP contribution >= 0.6 is 23.4 Å². The van der Waals surface area contributed by atoms with Gasteiger partial charge in [0.15, 0.2) is 11.5 Å². The van der Waals surface area contributed by atoms with Crippen LogP contribution in [-0.4, -0.2) is 37.3 Å². The Labute approximate surface area is 169 Å². The Hall–Kier alpha value is -1.85. The highest BCUT2D eigenvalue weighted by atomic mass is 35.5. The molecule has 0 N–H and O–H groups in total. The minimum Gasteiger partial charge on any atom is -0.493 e. The van der Waals surface area contributed by atoms with Crippen molar-refractivity contribution in [2.45, 2.75) is 30.2 Å². The second kappa shape index (κ2) is 9.38. The van der Waals surface area contributed by atoms with Crippen molar-refractivity contribution in [3.63, 3.8) is 0 Å². The highest BCUT2D eigenvalue weighted by molar-refractivity contribution is 7.99. The van der Waals surface area contributed by atoms with Crippen molar-refractivity contribution in [3.05, 3.63) is 53.1 Å². The number of carbonyl (C=O) groups is 1. The van der Waals surface area contributed by atoms with E-state index in [9.17, 15) is 4.79 Å². The van der Waals surface area contributed by atoms with Crippen LogP contribution in [0.5, 0.6) is 11.5 Å². The summed E-state index contributed by atoms with van der Waals surface area (Å²) in [5.74, 6) is 2.31. The lowest BCUT2D eigenvalue weighted by Gasteiger charge is -2.26. The smallest absolute Gasteiger partial charge is 0.223 e. The molecule has 27 heavy (non-hydrogen) atoms. The molecule has 1 aliphatic rings. The normalized spacial score (nSPS) is 16.4. The molecule has 144 valence electrons. The maximum Gasteiger partial charge on any atom is 0.223 e. The summed E-state index contributed by atoms with van der Waals surface area (Å²) in [5, 5.41) is 0.735. The van der Waals surface area contributed by atoms with Crippen LogP contribution in [0, 0.1) is 0 Å². The maximum atomic E-state index is 12.8. The highest BCUT2D eigenvalue weighted by Crippen LogP contribution is 2.37. The van der Waals surface area contributed by atoms with E-state index < -0.39 is 0 Å². The van der Waals surface area contributed by atoms with Crippen LogP contribution in [-0.2, 0) is 4.79 Å². The Kier molecular flexibility index (Phi) is 6.91. The maximum absolute atomic E-state index is 12.8. The highest BCUT2D eigenvalue weighted by Gasteiger charge is 2.30. The average Bonchev–Trinajstić information content (AvgIpc) is 3.18. The molecule has 3 rings (SSSR count). The molecule has 1 aliphatic heterocycles. The molecule has 6 heteroatoms. The third-order valence-corrected chi connectivity index (χ3v) is 6.29. The van der Waals surface area contributed by atoms with Gasteiger partial charge in [0.1, 0.15) is 0 Å². The fourth-order valence-electron chi connectivity index (χ4n) is 3.43. The quantitative estimate of drug-likeness (QED) is 0.593. The Morgan fingerprint density at radius 3 is 2.70 bits per heavy atom. The van der Waals surface area contributed by atoms with E-state index in [0.29, 0.717) is 17.9 Å². The van der Waals surface area contributed by atoms with Gasteiger partial charge in [0.05, 0.1) is 25.3 Å². The Morgan fingerprint density at radius 2 is 1.96 bits per heavy atom. The fraction of sp³-hybridized carbons (Fsp3) is 0.381. The van der Waals surface area contributed by atoms with Crippen molar-refractivity contribution in [1.82, 2.24) is 4.90 Å². The lowest BCUT2D eigenvalue weighted by Crippen LogP contribution is -2.30. The van der Waals surface area contributed by atoms with Crippen molar-refractivity contribution in [2.24, 2.45) is 0 Å². The van der Waals surface area contributed by atoms with Gasteiger partial charge in [-0.1, -0.05) is 29.8 Å². The van der Waals surface area contributed by atoms with E-state index in [-0.39, 0.29) is 11.9 Å². The van der Waals surface area contributed by atoms with Gasteiger partial charge in [0.2, 0.25) is 5.91 Å². The first-order valence-corrected chi connectivity index (χ1v) is 10.4. The number of thioether (sulfide) groups is 1. The molecule has 0 saturated carbocycles. The van der Waals surface area contributed by atoms with E-state index >= 15 is 0 Å². The van der Waals surface area contributed by atoms with Gasteiger partial charge in [-0.25, -0.2) is 0 Å². The molecule has 1 amide bonds. The minimum absolute atomic E-state index is 0.0996. The van der Waals surface area contributed by atoms with Crippen LogP contribution in [0.3, 0.4) is 0 Å². The third kappa shape index (κ3) is 4.71. The number of halogens is 1. The van der Waals surface area contributed by atoms with Crippen molar-refractivity contribution >= 4 is 29.3 Å². The van der Waals surface area contributed by atoms with Crippen molar-refractivity contribution < 1.29 is 14.3 Å². The number of benzene rings is 2. The van der Waals surface area contributed by atoms with Crippen molar-refractivity contribution in [1.29, 1.82) is 0 Å². The Balaban J connectivity index is 1.63. The van der Waals surface area contributed by atoms with E-state index in [0.717, 1.165) is 40.6 Å². The number of methoxy groups -OCH3 is 2. The number of hydrogen-bond acceptors (Lipinski definition) is 4. The standard InChI is InChI=1S/C21H24ClNO3S/c1-25-18-10-9-15(14-19(18)26-2)17-7-5-12-23(17)21(24)11-13-27-20-8-4-3-6-16(20)22/h3-4,6,8-10,14,17H,5,7,11-13H2,1-2H3. The molecule has 0 radical (unpaired) electrons. The van der Waals surface area contributed by atoms with Gasteiger partial charge in [-0.3, -0.25) is 4.79 Å². The Bertz CT molecular complexity index is 799. The van der Waals surface area contributed by atoms with Crippen LogP contribution in [0.2, 0.25) is 5.02 Å². The predicted octanol–water partition coefficient (Wildman–Crippen LogP) is 5.20. The summed E-state index contributed by atoms with van der Waals surface area (Å²) in [7, 11) is 3.25. The number of nitrogens with zero attached hydrogens (tertiary/aromatic N) is 1. The summed E-state index contributed by atoms with van der Waals surface area (Å²) in [6, 6.07) is 13.7. The van der Waals surface area contributed by atoms with Gasteiger partial charge in [-0.05, 0) is 42.7 Å². The van der Waals surface area contributed by atoms with Gasteiger partial charge in [-0.2, -0.15) is 0 Å². The zero-order valence-electron chi connectivity index (χ0n) is 15.6. The molecule has 1 fully saturated rings. The van der Waals surface area contributed by atoms with Crippen molar-refractivity contribution in [3.8, 4) is 11.5 Å². The SMILES string of the molecule is COc1ccc(C2CCCN2C(=O)CCSc2ccccc2Cl)cc1OC. The van der Waals surface area contributed by atoms with E-state index in [1.165, 1.54) is 0 Å². The first-order chi connectivity index (χ1) is 13.1. The zero-order chi connectivity index (χ0) is 19.2. The molecule has 2 aromatic carbocycles. The lowest BCUT2D eigenvalue weighted by atomic mass is 10.0. The molecular formula is C21H24ClNO3S. The number of ether oxygens (including phenoxy) is 2. The summed E-state index contributed by atoms with van der Waals surface area (Å²) in [6.07, 6.45) is 2.49. The molecule has 1 saturated heterocycles. The molecule has 0 bridgehead atoms. The molecule has 1 atom stereocenters. The molecule has 2 aromatic rings. The summed E-state index contributed by atoms with van der Waals surface area (Å²) in [5.41, 5.74) is 1.09. The monoisotopic (exact) mass is 405 g/mol. The third-order valence-electron chi connectivity index (χ3n) is 4.78. The molecule has 4 nitrogen and oxygen atoms in total. The number of carbonyl (C=O) groups excluding carboxylic acids is 1. The van der Waals surface area contributed by atoms with Crippen LogP contribution in [0.1, 0.15) is 30.9 Å². The molecule has 1 unspecified atom stereocenters. The first-order valence-electron chi connectivity index (χ1n) is 9.02. The molecular weight excluding hydrogens is 382 g/mol. The zero-order valence-corrected chi connectivity index (χ0v) is 17.2. The number of amides is 1. The largest absolute Gasteiger partial charge is 0.493 e. The topological polar surface area (TPSA) is 38.8 Å². The molecule has 1 heterocycles. The number of rotatable bonds is 7. The van der Waals surface area contributed by atoms with E-state index in [2.05, 4.69) is 0 Å². The van der Waals surface area contributed by atoms with E-state index in [1.54, 1.807) is 26.0 Å². The van der Waals surface area contributed by atoms with Gasteiger partial charge in [0, 0.05) is 23.6 Å². The first kappa shape index (κ1) is 19.9. The second-order valence-corrected chi connectivity index (χ2v) is 7.93. The predicted molar refractivity (Wildman–Crippen MR) is 110 cm³/mol. The van der Waals surface area contributed by atoms with Gasteiger partial charge >= 0.3 is 0 Å². The lowest BCUT2D eigenvalue weighted by molar-refractivity contribution is -0.131. The minimum atomic E-state index is 0.0996. The Morgan fingerprint density at radius 1 is 1.19 bits per heavy atom.